The van der Waals surface area contributed by atoms with Crippen LogP contribution in [-0.2, 0) is 6.54 Å². The summed E-state index contributed by atoms with van der Waals surface area (Å²) in [4.78, 5) is 19.2. The summed E-state index contributed by atoms with van der Waals surface area (Å²) in [6.45, 7) is 9.10. The Hall–Kier alpha value is -2.99. The first kappa shape index (κ1) is 21.2. The number of nitrogens with one attached hydrogen (secondary N) is 1. The molecule has 0 aliphatic carbocycles. The van der Waals surface area contributed by atoms with Gasteiger partial charge in [-0.05, 0) is 34.9 Å². The first-order chi connectivity index (χ1) is 15.0. The third-order valence-corrected chi connectivity index (χ3v) is 6.45. The third kappa shape index (κ3) is 4.39. The molecule has 5 nitrogen and oxygen atoms in total. The molecular formula is C25H28N4OS. The SMILES string of the molecule is CC(C)C(NC(=O)c1nn(Cc2ccccc2)c2nccc(-c3cccs3)c12)C(C)C. The molecule has 0 aliphatic heterocycles. The van der Waals surface area contributed by atoms with Gasteiger partial charge in [-0.3, -0.25) is 4.79 Å². The number of amides is 1. The Morgan fingerprint density at radius 1 is 1.03 bits per heavy atom. The average Bonchev–Trinajstić information content (AvgIpc) is 3.41. The van der Waals surface area contributed by atoms with Crippen LogP contribution in [0, 0.1) is 11.8 Å². The molecule has 1 N–H and O–H groups in total. The van der Waals surface area contributed by atoms with E-state index in [1.807, 2.05) is 40.4 Å². The largest absolute Gasteiger partial charge is 0.347 e. The van der Waals surface area contributed by atoms with Gasteiger partial charge in [0.1, 0.15) is 0 Å². The Morgan fingerprint density at radius 3 is 2.42 bits per heavy atom. The van der Waals surface area contributed by atoms with E-state index in [0.717, 1.165) is 27.0 Å². The van der Waals surface area contributed by atoms with Gasteiger partial charge in [0.2, 0.25) is 0 Å². The highest BCUT2D eigenvalue weighted by molar-refractivity contribution is 7.13. The quantitative estimate of drug-likeness (QED) is 0.412. The smallest absolute Gasteiger partial charge is 0.272 e. The lowest BCUT2D eigenvalue weighted by Gasteiger charge is -2.25. The van der Waals surface area contributed by atoms with Crippen LogP contribution in [-0.4, -0.2) is 26.7 Å². The molecule has 3 aromatic heterocycles. The second-order valence-electron chi connectivity index (χ2n) is 8.51. The molecule has 4 rings (SSSR count). The van der Waals surface area contributed by atoms with Gasteiger partial charge >= 0.3 is 0 Å². The lowest BCUT2D eigenvalue weighted by atomic mass is 9.93. The summed E-state index contributed by atoms with van der Waals surface area (Å²) in [5.41, 5.74) is 3.28. The first-order valence-corrected chi connectivity index (χ1v) is 11.6. The number of hydrogen-bond acceptors (Lipinski definition) is 4. The Labute approximate surface area is 187 Å². The van der Waals surface area contributed by atoms with Gasteiger partial charge < -0.3 is 5.32 Å². The number of benzene rings is 1. The number of hydrogen-bond donors (Lipinski definition) is 1. The van der Waals surface area contributed by atoms with E-state index >= 15 is 0 Å². The molecule has 160 valence electrons. The molecule has 0 radical (unpaired) electrons. The molecule has 0 fully saturated rings. The van der Waals surface area contributed by atoms with Crippen LogP contribution in [0.15, 0.2) is 60.1 Å². The van der Waals surface area contributed by atoms with Crippen LogP contribution in [0.1, 0.15) is 43.7 Å². The Kier molecular flexibility index (Phi) is 6.18. The fourth-order valence-electron chi connectivity index (χ4n) is 4.08. The van der Waals surface area contributed by atoms with E-state index in [1.54, 1.807) is 17.5 Å². The van der Waals surface area contributed by atoms with Crippen LogP contribution in [0.25, 0.3) is 21.5 Å². The minimum absolute atomic E-state index is 0.0729. The second-order valence-corrected chi connectivity index (χ2v) is 9.46. The second kappa shape index (κ2) is 9.02. The van der Waals surface area contributed by atoms with Crippen molar-refractivity contribution in [1.29, 1.82) is 0 Å². The van der Waals surface area contributed by atoms with Crippen molar-refractivity contribution in [2.75, 3.05) is 0 Å². The van der Waals surface area contributed by atoms with Crippen LogP contribution >= 0.6 is 11.3 Å². The summed E-state index contributed by atoms with van der Waals surface area (Å²) in [6, 6.07) is 16.3. The van der Waals surface area contributed by atoms with E-state index < -0.39 is 0 Å². The number of nitrogens with zero attached hydrogens (tertiary/aromatic N) is 3. The summed E-state index contributed by atoms with van der Waals surface area (Å²) in [5.74, 6) is 0.517. The number of fused-ring (bicyclic) bond motifs is 1. The zero-order valence-electron chi connectivity index (χ0n) is 18.4. The highest BCUT2D eigenvalue weighted by Crippen LogP contribution is 2.33. The highest BCUT2D eigenvalue weighted by atomic mass is 32.1. The zero-order valence-corrected chi connectivity index (χ0v) is 19.2. The lowest BCUT2D eigenvalue weighted by Crippen LogP contribution is -2.42. The Morgan fingerprint density at radius 2 is 1.77 bits per heavy atom. The zero-order chi connectivity index (χ0) is 22.0. The van der Waals surface area contributed by atoms with Gasteiger partial charge in [-0.25, -0.2) is 9.67 Å². The fourth-order valence-corrected chi connectivity index (χ4v) is 4.84. The molecule has 4 aromatic rings. The van der Waals surface area contributed by atoms with E-state index in [-0.39, 0.29) is 11.9 Å². The van der Waals surface area contributed by atoms with Crippen LogP contribution < -0.4 is 5.32 Å². The van der Waals surface area contributed by atoms with Gasteiger partial charge in [0.15, 0.2) is 11.3 Å². The number of thiophene rings is 1. The minimum atomic E-state index is -0.144. The Bertz CT molecular complexity index is 1160. The monoisotopic (exact) mass is 432 g/mol. The van der Waals surface area contributed by atoms with Gasteiger partial charge in [-0.2, -0.15) is 5.10 Å². The molecule has 31 heavy (non-hydrogen) atoms. The summed E-state index contributed by atoms with van der Waals surface area (Å²) in [7, 11) is 0. The molecule has 3 heterocycles. The molecule has 0 aliphatic rings. The van der Waals surface area contributed by atoms with Gasteiger partial charge in [-0.1, -0.05) is 64.1 Å². The van der Waals surface area contributed by atoms with E-state index in [9.17, 15) is 4.79 Å². The van der Waals surface area contributed by atoms with Crippen molar-refractivity contribution in [3.05, 3.63) is 71.4 Å². The number of carbonyl (C=O) groups excluding carboxylic acids is 1. The number of rotatable bonds is 7. The van der Waals surface area contributed by atoms with Crippen molar-refractivity contribution in [2.24, 2.45) is 11.8 Å². The molecule has 0 unspecified atom stereocenters. The van der Waals surface area contributed by atoms with Crippen LogP contribution in [0.4, 0.5) is 0 Å². The average molecular weight is 433 g/mol. The maximum atomic E-state index is 13.5. The van der Waals surface area contributed by atoms with E-state index in [1.165, 1.54) is 0 Å². The normalized spacial score (nSPS) is 11.7. The van der Waals surface area contributed by atoms with E-state index in [2.05, 4.69) is 56.2 Å². The summed E-state index contributed by atoms with van der Waals surface area (Å²) >= 11 is 1.65. The third-order valence-electron chi connectivity index (χ3n) is 5.54. The number of aromatic nitrogens is 3. The van der Waals surface area contributed by atoms with E-state index in [4.69, 9.17) is 5.10 Å². The molecule has 1 amide bonds. The number of carbonyl (C=O) groups is 1. The van der Waals surface area contributed by atoms with Crippen molar-refractivity contribution in [2.45, 2.75) is 40.3 Å². The molecule has 0 spiro atoms. The first-order valence-electron chi connectivity index (χ1n) is 10.7. The number of pyridine rings is 1. The topological polar surface area (TPSA) is 59.8 Å². The van der Waals surface area contributed by atoms with Crippen molar-refractivity contribution in [1.82, 2.24) is 20.1 Å². The van der Waals surface area contributed by atoms with Crippen molar-refractivity contribution in [3.8, 4) is 10.4 Å². The fraction of sp³-hybridized carbons (Fsp3) is 0.320. The predicted molar refractivity (Wildman–Crippen MR) is 127 cm³/mol. The van der Waals surface area contributed by atoms with Gasteiger partial charge in [0, 0.05) is 22.7 Å². The lowest BCUT2D eigenvalue weighted by molar-refractivity contribution is 0.0906. The summed E-state index contributed by atoms with van der Waals surface area (Å²) < 4.78 is 1.84. The van der Waals surface area contributed by atoms with E-state index in [0.29, 0.717) is 24.1 Å². The molecular weight excluding hydrogens is 404 g/mol. The van der Waals surface area contributed by atoms with Gasteiger partial charge in [-0.15, -0.1) is 11.3 Å². The predicted octanol–water partition coefficient (Wildman–Crippen LogP) is 5.62. The van der Waals surface area contributed by atoms with Crippen molar-refractivity contribution >= 4 is 28.3 Å². The van der Waals surface area contributed by atoms with Gasteiger partial charge in [0.25, 0.3) is 5.91 Å². The van der Waals surface area contributed by atoms with Crippen LogP contribution in [0.3, 0.4) is 0 Å². The van der Waals surface area contributed by atoms with Crippen LogP contribution in [0.5, 0.6) is 0 Å². The molecule has 0 bridgehead atoms. The van der Waals surface area contributed by atoms with Crippen molar-refractivity contribution < 1.29 is 4.79 Å². The molecule has 0 saturated carbocycles. The molecule has 1 aromatic carbocycles. The van der Waals surface area contributed by atoms with Gasteiger partial charge in [0.05, 0.1) is 11.9 Å². The minimum Gasteiger partial charge on any atom is -0.347 e. The van der Waals surface area contributed by atoms with Crippen molar-refractivity contribution in [3.63, 3.8) is 0 Å². The maximum Gasteiger partial charge on any atom is 0.272 e. The standard InChI is InChI=1S/C25H28N4OS/c1-16(2)22(17(3)4)27-25(30)23-21-19(20-11-8-14-31-20)12-13-26-24(21)29(28-23)15-18-9-6-5-7-10-18/h5-14,16-17,22H,15H2,1-4H3,(H,27,30). The molecule has 6 heteroatoms. The summed E-state index contributed by atoms with van der Waals surface area (Å²) in [6.07, 6.45) is 1.80. The molecule has 0 saturated heterocycles. The Balaban J connectivity index is 1.84. The van der Waals surface area contributed by atoms with Crippen LogP contribution in [0.2, 0.25) is 0 Å². The molecule has 0 atom stereocenters. The summed E-state index contributed by atoms with van der Waals surface area (Å²) in [5, 5.41) is 10.9. The maximum absolute atomic E-state index is 13.5. The highest BCUT2D eigenvalue weighted by Gasteiger charge is 2.26.